The van der Waals surface area contributed by atoms with E-state index in [0.29, 0.717) is 0 Å². The second kappa shape index (κ2) is 4.29. The number of aromatic nitrogens is 4. The molecule has 7 heteroatoms. The molecule has 0 aliphatic heterocycles. The molecule has 20 heavy (non-hydrogen) atoms. The molecule has 0 unspecified atom stereocenters. The predicted octanol–water partition coefficient (Wildman–Crippen LogP) is 2.00. The summed E-state index contributed by atoms with van der Waals surface area (Å²) in [6, 6.07) is 2.34. The molecule has 5 nitrogen and oxygen atoms in total. The number of aryl methyl sites for hydroxylation is 2. The SMILES string of the molecule is Cc1n[nH]c(C)c1Cn1c(=O)[nH]c2ccc(F)c(F)c21. The molecular weight excluding hydrogens is 266 g/mol. The van der Waals surface area contributed by atoms with Crippen LogP contribution < -0.4 is 5.69 Å². The highest BCUT2D eigenvalue weighted by Crippen LogP contribution is 2.20. The number of fused-ring (bicyclic) bond motifs is 1. The highest BCUT2D eigenvalue weighted by atomic mass is 19.2. The van der Waals surface area contributed by atoms with Crippen LogP contribution in [0.25, 0.3) is 11.0 Å². The Morgan fingerprint density at radius 3 is 2.70 bits per heavy atom. The zero-order chi connectivity index (χ0) is 14.4. The van der Waals surface area contributed by atoms with Crippen molar-refractivity contribution in [3.8, 4) is 0 Å². The fourth-order valence-electron chi connectivity index (χ4n) is 2.30. The Bertz CT molecular complexity index is 840. The number of hydrogen-bond acceptors (Lipinski definition) is 2. The molecule has 0 radical (unpaired) electrons. The molecule has 0 atom stereocenters. The fraction of sp³-hybridized carbons (Fsp3) is 0.231. The van der Waals surface area contributed by atoms with Crippen molar-refractivity contribution in [3.63, 3.8) is 0 Å². The number of hydrogen-bond donors (Lipinski definition) is 2. The van der Waals surface area contributed by atoms with Gasteiger partial charge < -0.3 is 4.98 Å². The van der Waals surface area contributed by atoms with Crippen LogP contribution in [0.1, 0.15) is 17.0 Å². The average Bonchev–Trinajstić information content (AvgIpc) is 2.89. The third-order valence-corrected chi connectivity index (χ3v) is 3.42. The zero-order valence-corrected chi connectivity index (χ0v) is 10.9. The maximum Gasteiger partial charge on any atom is 0.326 e. The zero-order valence-electron chi connectivity index (χ0n) is 10.9. The van der Waals surface area contributed by atoms with Gasteiger partial charge in [0.2, 0.25) is 0 Å². The third-order valence-electron chi connectivity index (χ3n) is 3.42. The van der Waals surface area contributed by atoms with E-state index in [-0.39, 0.29) is 17.6 Å². The van der Waals surface area contributed by atoms with Crippen LogP contribution in [0, 0.1) is 25.5 Å². The summed E-state index contributed by atoms with van der Waals surface area (Å²) in [6.45, 7) is 3.73. The first-order valence-electron chi connectivity index (χ1n) is 6.06. The Morgan fingerprint density at radius 2 is 2.05 bits per heavy atom. The molecule has 0 saturated carbocycles. The topological polar surface area (TPSA) is 66.5 Å². The van der Waals surface area contributed by atoms with Crippen molar-refractivity contribution in [2.45, 2.75) is 20.4 Å². The Morgan fingerprint density at radius 1 is 1.30 bits per heavy atom. The van der Waals surface area contributed by atoms with Crippen LogP contribution in [0.15, 0.2) is 16.9 Å². The minimum atomic E-state index is -1.03. The van der Waals surface area contributed by atoms with E-state index in [1.807, 2.05) is 6.92 Å². The lowest BCUT2D eigenvalue weighted by atomic mass is 10.2. The molecule has 1 aromatic carbocycles. The maximum atomic E-state index is 13.9. The van der Waals surface area contributed by atoms with Gasteiger partial charge in [-0.25, -0.2) is 13.6 Å². The van der Waals surface area contributed by atoms with Gasteiger partial charge in [-0.3, -0.25) is 9.67 Å². The number of aromatic amines is 2. The number of nitrogens with one attached hydrogen (secondary N) is 2. The number of imidazole rings is 1. The van der Waals surface area contributed by atoms with E-state index in [2.05, 4.69) is 15.2 Å². The van der Waals surface area contributed by atoms with Crippen molar-refractivity contribution in [2.24, 2.45) is 0 Å². The predicted molar refractivity (Wildman–Crippen MR) is 69.6 cm³/mol. The molecule has 0 spiro atoms. The largest absolute Gasteiger partial charge is 0.326 e. The number of halogens is 2. The molecule has 0 aliphatic rings. The highest BCUT2D eigenvalue weighted by molar-refractivity contribution is 5.76. The van der Waals surface area contributed by atoms with Gasteiger partial charge >= 0.3 is 5.69 Å². The first-order valence-corrected chi connectivity index (χ1v) is 6.06. The summed E-state index contributed by atoms with van der Waals surface area (Å²) in [5.41, 5.74) is 2.03. The lowest BCUT2D eigenvalue weighted by molar-refractivity contribution is 0.512. The lowest BCUT2D eigenvalue weighted by Crippen LogP contribution is -2.18. The van der Waals surface area contributed by atoms with E-state index in [1.165, 1.54) is 10.6 Å². The number of nitrogens with zero attached hydrogens (tertiary/aromatic N) is 2. The van der Waals surface area contributed by atoms with Gasteiger partial charge in [-0.1, -0.05) is 0 Å². The molecule has 104 valence electrons. The normalized spacial score (nSPS) is 11.4. The Hall–Kier alpha value is -2.44. The van der Waals surface area contributed by atoms with Crippen molar-refractivity contribution in [1.29, 1.82) is 0 Å². The number of rotatable bonds is 2. The molecule has 2 N–H and O–H groups in total. The van der Waals surface area contributed by atoms with E-state index in [0.717, 1.165) is 23.0 Å². The summed E-state index contributed by atoms with van der Waals surface area (Å²) < 4.78 is 28.5. The van der Waals surface area contributed by atoms with Crippen molar-refractivity contribution >= 4 is 11.0 Å². The molecule has 0 bridgehead atoms. The summed E-state index contributed by atoms with van der Waals surface area (Å²) in [5, 5.41) is 6.83. The molecule has 0 fully saturated rings. The van der Waals surface area contributed by atoms with Gasteiger partial charge in [0.25, 0.3) is 0 Å². The van der Waals surface area contributed by atoms with E-state index < -0.39 is 17.3 Å². The van der Waals surface area contributed by atoms with Crippen LogP contribution in [0.2, 0.25) is 0 Å². The van der Waals surface area contributed by atoms with E-state index in [1.54, 1.807) is 6.92 Å². The second-order valence-electron chi connectivity index (χ2n) is 4.69. The fourth-order valence-corrected chi connectivity index (χ4v) is 2.30. The molecule has 0 amide bonds. The van der Waals surface area contributed by atoms with Crippen LogP contribution in [-0.2, 0) is 6.54 Å². The second-order valence-corrected chi connectivity index (χ2v) is 4.69. The molecule has 0 saturated heterocycles. The maximum absolute atomic E-state index is 13.9. The van der Waals surface area contributed by atoms with Crippen LogP contribution in [-0.4, -0.2) is 19.7 Å². The van der Waals surface area contributed by atoms with Gasteiger partial charge in [0.1, 0.15) is 5.52 Å². The summed E-state index contributed by atoms with van der Waals surface area (Å²) >= 11 is 0. The van der Waals surface area contributed by atoms with E-state index in [4.69, 9.17) is 0 Å². The summed E-state index contributed by atoms with van der Waals surface area (Å²) in [7, 11) is 0. The molecule has 2 aromatic heterocycles. The van der Waals surface area contributed by atoms with Gasteiger partial charge in [-0.05, 0) is 26.0 Å². The minimum absolute atomic E-state index is 0.0602. The van der Waals surface area contributed by atoms with Gasteiger partial charge in [-0.2, -0.15) is 5.10 Å². The average molecular weight is 278 g/mol. The van der Waals surface area contributed by atoms with Crippen LogP contribution in [0.4, 0.5) is 8.78 Å². The molecule has 2 heterocycles. The molecular formula is C13H12F2N4O. The molecule has 0 aliphatic carbocycles. The molecule has 3 rings (SSSR count). The first-order chi connectivity index (χ1) is 9.49. The highest BCUT2D eigenvalue weighted by Gasteiger charge is 2.17. The minimum Gasteiger partial charge on any atom is -0.305 e. The van der Waals surface area contributed by atoms with Crippen LogP contribution in [0.5, 0.6) is 0 Å². The summed E-state index contributed by atoms with van der Waals surface area (Å²) in [5.74, 6) is -2.01. The van der Waals surface area contributed by atoms with E-state index in [9.17, 15) is 13.6 Å². The number of H-pyrrole nitrogens is 2. The van der Waals surface area contributed by atoms with Crippen molar-refractivity contribution in [3.05, 3.63) is 51.2 Å². The first kappa shape index (κ1) is 12.6. The van der Waals surface area contributed by atoms with E-state index >= 15 is 0 Å². The van der Waals surface area contributed by atoms with Crippen molar-refractivity contribution in [1.82, 2.24) is 19.7 Å². The van der Waals surface area contributed by atoms with Gasteiger partial charge in [0, 0.05) is 11.3 Å². The van der Waals surface area contributed by atoms with Gasteiger partial charge in [0.05, 0.1) is 17.8 Å². The Labute approximate surface area is 112 Å². The third kappa shape index (κ3) is 1.74. The van der Waals surface area contributed by atoms with Crippen LogP contribution >= 0.6 is 0 Å². The van der Waals surface area contributed by atoms with Crippen LogP contribution in [0.3, 0.4) is 0 Å². The van der Waals surface area contributed by atoms with Gasteiger partial charge in [-0.15, -0.1) is 0 Å². The van der Waals surface area contributed by atoms with Crippen molar-refractivity contribution in [2.75, 3.05) is 0 Å². The Balaban J connectivity index is 2.24. The number of benzene rings is 1. The Kier molecular flexibility index (Phi) is 2.70. The monoisotopic (exact) mass is 278 g/mol. The summed E-state index contributed by atoms with van der Waals surface area (Å²) in [4.78, 5) is 14.5. The smallest absolute Gasteiger partial charge is 0.305 e. The summed E-state index contributed by atoms with van der Waals surface area (Å²) in [6.07, 6.45) is 0. The van der Waals surface area contributed by atoms with Gasteiger partial charge in [0.15, 0.2) is 11.6 Å². The molecule has 3 aromatic rings. The lowest BCUT2D eigenvalue weighted by Gasteiger charge is -2.05. The standard InChI is InChI=1S/C13H12F2N4O/c1-6-8(7(2)18-17-6)5-19-12-10(16-13(19)20)4-3-9(14)11(12)15/h3-4H,5H2,1-2H3,(H,16,20)(H,17,18). The van der Waals surface area contributed by atoms with Crippen molar-refractivity contribution < 1.29 is 8.78 Å². The quantitative estimate of drug-likeness (QED) is 0.753.